The van der Waals surface area contributed by atoms with E-state index in [1.807, 2.05) is 11.3 Å². The summed E-state index contributed by atoms with van der Waals surface area (Å²) in [4.78, 5) is 2.74. The fourth-order valence-electron chi connectivity index (χ4n) is 1.34. The third-order valence-corrected chi connectivity index (χ3v) is 5.74. The summed E-state index contributed by atoms with van der Waals surface area (Å²) in [5, 5.41) is 2.27. The van der Waals surface area contributed by atoms with Gasteiger partial charge in [0, 0.05) is 29.7 Å². The van der Waals surface area contributed by atoms with Crippen LogP contribution in [0.1, 0.15) is 4.88 Å². The average Bonchev–Trinajstić information content (AvgIpc) is 2.63. The van der Waals surface area contributed by atoms with E-state index in [9.17, 15) is 0 Å². The van der Waals surface area contributed by atoms with E-state index in [4.69, 9.17) is 0 Å². The van der Waals surface area contributed by atoms with Crippen molar-refractivity contribution in [2.75, 3.05) is 6.26 Å². The predicted molar refractivity (Wildman–Crippen MR) is 73.9 cm³/mol. The first kappa shape index (κ1) is 11.0. The van der Waals surface area contributed by atoms with Crippen molar-refractivity contribution in [3.8, 4) is 0 Å². The maximum atomic E-state index is 3.58. The van der Waals surface area contributed by atoms with Crippen LogP contribution < -0.4 is 0 Å². The van der Waals surface area contributed by atoms with E-state index < -0.39 is 0 Å². The summed E-state index contributed by atoms with van der Waals surface area (Å²) >= 11 is 10.7. The van der Waals surface area contributed by atoms with E-state index >= 15 is 0 Å². The molecule has 0 saturated carbocycles. The van der Waals surface area contributed by atoms with Gasteiger partial charge < -0.3 is 0 Å². The average molecular weight is 352 g/mol. The molecule has 0 fully saturated rings. The quantitative estimate of drug-likeness (QED) is 0.523. The Bertz CT molecular complexity index is 462. The minimum absolute atomic E-state index is 0.937. The van der Waals surface area contributed by atoms with Gasteiger partial charge in [-0.05, 0) is 24.5 Å². The van der Waals surface area contributed by atoms with Crippen LogP contribution in [0, 0.1) is 0 Å². The highest BCUT2D eigenvalue weighted by Gasteiger charge is 2.08. The first-order valence-electron chi connectivity index (χ1n) is 4.07. The number of benzene rings is 1. The van der Waals surface area contributed by atoms with Crippen molar-refractivity contribution in [1.29, 1.82) is 0 Å². The largest absolute Gasteiger partial charge is 0.138 e. The molecule has 74 valence electrons. The fraction of sp³-hybridized carbons (Fsp3) is 0.200. The van der Waals surface area contributed by atoms with E-state index in [0.717, 1.165) is 5.33 Å². The Kier molecular flexibility index (Phi) is 3.58. The Morgan fingerprint density at radius 2 is 2.21 bits per heavy atom. The molecule has 0 amide bonds. The topological polar surface area (TPSA) is 0 Å². The van der Waals surface area contributed by atoms with Gasteiger partial charge in [-0.2, -0.15) is 0 Å². The molecular formula is C10H8Br2S2. The van der Waals surface area contributed by atoms with E-state index in [1.54, 1.807) is 11.8 Å². The minimum Gasteiger partial charge on any atom is -0.138 e. The summed E-state index contributed by atoms with van der Waals surface area (Å²) in [6, 6.07) is 6.54. The van der Waals surface area contributed by atoms with Crippen LogP contribution in [0.3, 0.4) is 0 Å². The van der Waals surface area contributed by atoms with Gasteiger partial charge in [-0.15, -0.1) is 23.1 Å². The molecule has 0 radical (unpaired) electrons. The summed E-state index contributed by atoms with van der Waals surface area (Å²) < 4.78 is 2.58. The van der Waals surface area contributed by atoms with Gasteiger partial charge in [-0.3, -0.25) is 0 Å². The lowest BCUT2D eigenvalue weighted by molar-refractivity contribution is 1.56. The Hall–Kier alpha value is 0.490. The highest BCUT2D eigenvalue weighted by molar-refractivity contribution is 9.10. The summed E-state index contributed by atoms with van der Waals surface area (Å²) in [6.07, 6.45) is 2.12. The molecule has 0 aliphatic rings. The number of fused-ring (bicyclic) bond motifs is 1. The van der Waals surface area contributed by atoms with Gasteiger partial charge in [0.1, 0.15) is 0 Å². The number of thioether (sulfide) groups is 1. The van der Waals surface area contributed by atoms with Crippen molar-refractivity contribution < 1.29 is 0 Å². The van der Waals surface area contributed by atoms with E-state index in [1.165, 1.54) is 24.3 Å². The van der Waals surface area contributed by atoms with Crippen molar-refractivity contribution >= 4 is 65.0 Å². The lowest BCUT2D eigenvalue weighted by Gasteiger charge is -1.99. The number of hydrogen-bond donors (Lipinski definition) is 0. The van der Waals surface area contributed by atoms with Gasteiger partial charge in [0.25, 0.3) is 0 Å². The van der Waals surface area contributed by atoms with E-state index in [0.29, 0.717) is 0 Å². The number of thiophene rings is 1. The third kappa shape index (κ3) is 1.90. The SMILES string of the molecule is CSc1ccc(Br)c2cc(CBr)sc12. The van der Waals surface area contributed by atoms with Crippen LogP contribution in [-0.4, -0.2) is 6.26 Å². The van der Waals surface area contributed by atoms with Gasteiger partial charge in [-0.1, -0.05) is 31.9 Å². The second kappa shape index (κ2) is 4.56. The molecule has 0 nitrogen and oxygen atoms in total. The third-order valence-electron chi connectivity index (χ3n) is 2.00. The smallest absolute Gasteiger partial charge is 0.0493 e. The highest BCUT2D eigenvalue weighted by atomic mass is 79.9. The molecule has 1 aromatic heterocycles. The van der Waals surface area contributed by atoms with Crippen LogP contribution >= 0.6 is 55.0 Å². The number of alkyl halides is 1. The lowest BCUT2D eigenvalue weighted by atomic mass is 10.2. The van der Waals surface area contributed by atoms with Crippen LogP contribution in [0.25, 0.3) is 10.1 Å². The zero-order chi connectivity index (χ0) is 10.1. The summed E-state index contributed by atoms with van der Waals surface area (Å²) in [7, 11) is 0. The monoisotopic (exact) mass is 350 g/mol. The van der Waals surface area contributed by atoms with Gasteiger partial charge in [-0.25, -0.2) is 0 Å². The van der Waals surface area contributed by atoms with Crippen LogP contribution in [0.4, 0.5) is 0 Å². The van der Waals surface area contributed by atoms with Gasteiger partial charge >= 0.3 is 0 Å². The molecule has 0 N–H and O–H groups in total. The van der Waals surface area contributed by atoms with Gasteiger partial charge in [0.15, 0.2) is 0 Å². The number of halogens is 2. The van der Waals surface area contributed by atoms with Crippen LogP contribution in [0.15, 0.2) is 27.6 Å². The van der Waals surface area contributed by atoms with Gasteiger partial charge in [0.05, 0.1) is 0 Å². The maximum Gasteiger partial charge on any atom is 0.0493 e. The summed E-state index contributed by atoms with van der Waals surface area (Å²) in [5.74, 6) is 0. The molecule has 0 aliphatic carbocycles. The molecule has 1 aromatic carbocycles. The Morgan fingerprint density at radius 3 is 2.86 bits per heavy atom. The lowest BCUT2D eigenvalue weighted by Crippen LogP contribution is -1.71. The highest BCUT2D eigenvalue weighted by Crippen LogP contribution is 2.38. The fourth-order valence-corrected chi connectivity index (χ4v) is 4.24. The summed E-state index contributed by atoms with van der Waals surface area (Å²) in [5.41, 5.74) is 0. The van der Waals surface area contributed by atoms with Crippen LogP contribution in [0.2, 0.25) is 0 Å². The van der Waals surface area contributed by atoms with E-state index in [-0.39, 0.29) is 0 Å². The first-order chi connectivity index (χ1) is 6.76. The van der Waals surface area contributed by atoms with E-state index in [2.05, 4.69) is 56.3 Å². The Labute approximate surface area is 108 Å². The molecule has 0 atom stereocenters. The molecule has 2 aromatic rings. The molecule has 0 spiro atoms. The Balaban J connectivity index is 2.74. The molecule has 1 heterocycles. The first-order valence-corrected chi connectivity index (χ1v) is 8.02. The molecule has 2 rings (SSSR count). The number of hydrogen-bond acceptors (Lipinski definition) is 2. The minimum atomic E-state index is 0.937. The standard InChI is InChI=1S/C10H8Br2S2/c1-13-9-3-2-8(12)7-4-6(5-11)14-10(7)9/h2-4H,5H2,1H3. The van der Waals surface area contributed by atoms with Crippen molar-refractivity contribution in [3.05, 3.63) is 27.5 Å². The van der Waals surface area contributed by atoms with Gasteiger partial charge in [0.2, 0.25) is 0 Å². The molecule has 0 saturated heterocycles. The molecule has 4 heteroatoms. The molecule has 0 aliphatic heterocycles. The molecule has 14 heavy (non-hydrogen) atoms. The molecule has 0 bridgehead atoms. The zero-order valence-electron chi connectivity index (χ0n) is 7.51. The van der Waals surface area contributed by atoms with Crippen LogP contribution in [0.5, 0.6) is 0 Å². The van der Waals surface area contributed by atoms with Crippen molar-refractivity contribution in [1.82, 2.24) is 0 Å². The molecular weight excluding hydrogens is 344 g/mol. The van der Waals surface area contributed by atoms with Crippen molar-refractivity contribution in [3.63, 3.8) is 0 Å². The Morgan fingerprint density at radius 1 is 1.43 bits per heavy atom. The molecule has 0 unspecified atom stereocenters. The zero-order valence-corrected chi connectivity index (χ0v) is 12.3. The van der Waals surface area contributed by atoms with Crippen molar-refractivity contribution in [2.24, 2.45) is 0 Å². The second-order valence-electron chi connectivity index (χ2n) is 2.84. The van der Waals surface area contributed by atoms with Crippen molar-refractivity contribution in [2.45, 2.75) is 10.2 Å². The maximum absolute atomic E-state index is 3.58. The van der Waals surface area contributed by atoms with Crippen LogP contribution in [-0.2, 0) is 5.33 Å². The summed E-state index contributed by atoms with van der Waals surface area (Å²) in [6.45, 7) is 0. The predicted octanol–water partition coefficient (Wildman–Crippen LogP) is 5.28. The second-order valence-corrected chi connectivity index (χ2v) is 6.24. The number of rotatable bonds is 2. The normalized spacial score (nSPS) is 11.1.